The minimum Gasteiger partial charge on any atom is -0.382 e. The maximum absolute atomic E-state index is 13.7. The smallest absolute Gasteiger partial charge is 0.251 e. The van der Waals surface area contributed by atoms with E-state index in [-0.39, 0.29) is 10.8 Å². The maximum atomic E-state index is 13.7. The van der Waals surface area contributed by atoms with Crippen LogP contribution < -0.4 is 10.2 Å². The Hall–Kier alpha value is -1.64. The van der Waals surface area contributed by atoms with Crippen molar-refractivity contribution >= 4 is 21.6 Å². The van der Waals surface area contributed by atoms with Gasteiger partial charge in [-0.3, -0.25) is 4.79 Å². The second-order valence-electron chi connectivity index (χ2n) is 9.25. The number of amides is 1. The lowest BCUT2D eigenvalue weighted by Gasteiger charge is -2.35. The number of sulfonamides is 1. The Balaban J connectivity index is 1.85. The van der Waals surface area contributed by atoms with Crippen molar-refractivity contribution in [1.29, 1.82) is 0 Å². The summed E-state index contributed by atoms with van der Waals surface area (Å²) in [5, 5.41) is 2.89. The lowest BCUT2D eigenvalue weighted by atomic mass is 9.98. The van der Waals surface area contributed by atoms with Gasteiger partial charge in [-0.05, 0) is 69.1 Å². The molecule has 0 radical (unpaired) electrons. The highest BCUT2D eigenvalue weighted by Gasteiger charge is 2.32. The van der Waals surface area contributed by atoms with Gasteiger partial charge in [-0.2, -0.15) is 4.31 Å². The van der Waals surface area contributed by atoms with E-state index in [9.17, 15) is 13.2 Å². The lowest BCUT2D eigenvalue weighted by Crippen LogP contribution is -2.40. The maximum Gasteiger partial charge on any atom is 0.251 e. The predicted molar refractivity (Wildman–Crippen MR) is 128 cm³/mol. The van der Waals surface area contributed by atoms with Gasteiger partial charge in [0.1, 0.15) is 4.90 Å². The molecule has 2 aliphatic rings. The van der Waals surface area contributed by atoms with Crippen LogP contribution in [0.4, 0.5) is 5.69 Å². The normalized spacial score (nSPS) is 19.3. The number of anilines is 1. The van der Waals surface area contributed by atoms with Gasteiger partial charge in [0.15, 0.2) is 0 Å². The number of nitrogens with zero attached hydrogens (tertiary/aromatic N) is 2. The molecule has 0 atom stereocenters. The second-order valence-corrected chi connectivity index (χ2v) is 11.2. The Morgan fingerprint density at radius 1 is 1.06 bits per heavy atom. The molecule has 32 heavy (non-hydrogen) atoms. The highest BCUT2D eigenvalue weighted by molar-refractivity contribution is 7.89. The van der Waals surface area contributed by atoms with Crippen LogP contribution in [-0.4, -0.2) is 64.6 Å². The molecule has 1 aromatic carbocycles. The van der Waals surface area contributed by atoms with Crippen LogP contribution in [0.2, 0.25) is 0 Å². The Bertz CT molecular complexity index is 858. The topological polar surface area (TPSA) is 79.0 Å². The van der Waals surface area contributed by atoms with Gasteiger partial charge in [0.05, 0.1) is 5.69 Å². The second kappa shape index (κ2) is 11.5. The van der Waals surface area contributed by atoms with E-state index in [0.29, 0.717) is 50.2 Å². The van der Waals surface area contributed by atoms with Gasteiger partial charge in [0, 0.05) is 51.5 Å². The van der Waals surface area contributed by atoms with E-state index in [4.69, 9.17) is 4.74 Å². The molecular formula is C24H39N3O4S. The number of carbonyl (C=O) groups excluding carboxylic acids is 1. The molecule has 2 fully saturated rings. The summed E-state index contributed by atoms with van der Waals surface area (Å²) in [6.45, 7) is 10.8. The quantitative estimate of drug-likeness (QED) is 0.565. The van der Waals surface area contributed by atoms with E-state index in [1.54, 1.807) is 16.4 Å². The molecule has 1 amide bonds. The van der Waals surface area contributed by atoms with Gasteiger partial charge in [-0.1, -0.05) is 13.8 Å². The molecule has 2 heterocycles. The first kappa shape index (κ1) is 25.0. The van der Waals surface area contributed by atoms with Crippen molar-refractivity contribution < 1.29 is 17.9 Å². The highest BCUT2D eigenvalue weighted by Crippen LogP contribution is 2.33. The average Bonchev–Trinajstić information content (AvgIpc) is 2.79. The van der Waals surface area contributed by atoms with Crippen molar-refractivity contribution in [2.75, 3.05) is 50.8 Å². The molecule has 0 bridgehead atoms. The number of ether oxygens (including phenoxy) is 1. The largest absolute Gasteiger partial charge is 0.382 e. The monoisotopic (exact) mass is 465 g/mol. The highest BCUT2D eigenvalue weighted by atomic mass is 32.2. The van der Waals surface area contributed by atoms with E-state index in [2.05, 4.69) is 24.1 Å². The van der Waals surface area contributed by atoms with Gasteiger partial charge in [-0.25, -0.2) is 8.42 Å². The summed E-state index contributed by atoms with van der Waals surface area (Å²) in [6, 6.07) is 5.16. The first-order valence-corrected chi connectivity index (χ1v) is 13.5. The van der Waals surface area contributed by atoms with Gasteiger partial charge >= 0.3 is 0 Å². The fourth-order valence-corrected chi connectivity index (χ4v) is 6.07. The molecule has 3 rings (SSSR count). The van der Waals surface area contributed by atoms with Crippen molar-refractivity contribution in [3.05, 3.63) is 23.8 Å². The van der Waals surface area contributed by atoms with Gasteiger partial charge in [0.2, 0.25) is 10.0 Å². The van der Waals surface area contributed by atoms with Crippen molar-refractivity contribution in [3.63, 3.8) is 0 Å². The fourth-order valence-electron chi connectivity index (χ4n) is 4.36. The molecule has 0 aromatic heterocycles. The number of hydrogen-bond acceptors (Lipinski definition) is 5. The molecule has 180 valence electrons. The lowest BCUT2D eigenvalue weighted by molar-refractivity contribution is 0.0944. The Labute approximate surface area is 193 Å². The number of rotatable bonds is 9. The van der Waals surface area contributed by atoms with Crippen LogP contribution in [0.5, 0.6) is 0 Å². The van der Waals surface area contributed by atoms with Crippen molar-refractivity contribution in [3.8, 4) is 0 Å². The van der Waals surface area contributed by atoms with Crippen LogP contribution in [-0.2, 0) is 14.8 Å². The number of benzene rings is 1. The molecule has 1 aromatic rings. The van der Waals surface area contributed by atoms with E-state index in [1.807, 2.05) is 13.0 Å². The third-order valence-electron chi connectivity index (χ3n) is 6.66. The zero-order valence-electron chi connectivity index (χ0n) is 19.8. The SMILES string of the molecule is CCOCCCNC(=O)c1ccc(N2CCC(C)CC2)c(S(=O)(=O)N2CCC(C)CC2)c1. The number of nitrogens with one attached hydrogen (secondary N) is 1. The predicted octanol–water partition coefficient (Wildman–Crippen LogP) is 3.50. The van der Waals surface area contributed by atoms with E-state index < -0.39 is 10.0 Å². The van der Waals surface area contributed by atoms with Crippen LogP contribution >= 0.6 is 0 Å². The molecule has 0 aliphatic carbocycles. The van der Waals surface area contributed by atoms with Crippen LogP contribution in [0.1, 0.15) is 63.2 Å². The first-order chi connectivity index (χ1) is 15.3. The summed E-state index contributed by atoms with van der Waals surface area (Å²) in [5.74, 6) is 0.943. The average molecular weight is 466 g/mol. The van der Waals surface area contributed by atoms with Crippen molar-refractivity contribution in [1.82, 2.24) is 9.62 Å². The molecule has 0 saturated carbocycles. The fraction of sp³-hybridized carbons (Fsp3) is 0.708. The Kier molecular flexibility index (Phi) is 8.96. The summed E-state index contributed by atoms with van der Waals surface area (Å²) in [5.41, 5.74) is 1.11. The summed E-state index contributed by atoms with van der Waals surface area (Å²) in [6.07, 6.45) is 4.55. The number of piperidine rings is 2. The molecule has 1 N–H and O–H groups in total. The molecule has 0 unspecified atom stereocenters. The molecule has 8 heteroatoms. The van der Waals surface area contributed by atoms with E-state index in [0.717, 1.165) is 50.9 Å². The standard InChI is InChI=1S/C24H39N3O4S/c1-4-31-17-5-12-25-24(28)21-6-7-22(26-13-8-19(2)9-14-26)23(18-21)32(29,30)27-15-10-20(3)11-16-27/h6-7,18-20H,4-5,8-17H2,1-3H3,(H,25,28). The first-order valence-electron chi connectivity index (χ1n) is 12.1. The molecule has 0 spiro atoms. The van der Waals surface area contributed by atoms with Crippen LogP contribution in [0, 0.1) is 11.8 Å². The van der Waals surface area contributed by atoms with Gasteiger partial charge in [-0.15, -0.1) is 0 Å². The number of carbonyl (C=O) groups is 1. The van der Waals surface area contributed by atoms with E-state index >= 15 is 0 Å². The van der Waals surface area contributed by atoms with E-state index in [1.165, 1.54) is 0 Å². The Morgan fingerprint density at radius 3 is 2.31 bits per heavy atom. The third-order valence-corrected chi connectivity index (χ3v) is 8.59. The zero-order chi connectivity index (χ0) is 23.1. The van der Waals surface area contributed by atoms with Gasteiger partial charge in [0.25, 0.3) is 5.91 Å². The summed E-state index contributed by atoms with van der Waals surface area (Å²) in [4.78, 5) is 15.2. The van der Waals surface area contributed by atoms with Crippen molar-refractivity contribution in [2.24, 2.45) is 11.8 Å². The van der Waals surface area contributed by atoms with Gasteiger partial charge < -0.3 is 15.0 Å². The minimum atomic E-state index is -3.68. The molecule has 2 saturated heterocycles. The summed E-state index contributed by atoms with van der Waals surface area (Å²) in [7, 11) is -3.68. The zero-order valence-corrected chi connectivity index (χ0v) is 20.6. The Morgan fingerprint density at radius 2 is 1.69 bits per heavy atom. The minimum absolute atomic E-state index is 0.246. The molecule has 7 nitrogen and oxygen atoms in total. The molecule has 2 aliphatic heterocycles. The van der Waals surface area contributed by atoms with Crippen LogP contribution in [0.15, 0.2) is 23.1 Å². The van der Waals surface area contributed by atoms with Crippen molar-refractivity contribution in [2.45, 2.75) is 57.8 Å². The summed E-state index contributed by atoms with van der Waals surface area (Å²) >= 11 is 0. The molecular weight excluding hydrogens is 426 g/mol. The summed E-state index contributed by atoms with van der Waals surface area (Å²) < 4.78 is 34.3. The van der Waals surface area contributed by atoms with Crippen LogP contribution in [0.3, 0.4) is 0 Å². The van der Waals surface area contributed by atoms with Crippen LogP contribution in [0.25, 0.3) is 0 Å². The third kappa shape index (κ3) is 6.23. The number of hydrogen-bond donors (Lipinski definition) is 1.